The molecule has 1 fully saturated rings. The summed E-state index contributed by atoms with van der Waals surface area (Å²) in [7, 11) is -1.93. The molecule has 22 heavy (non-hydrogen) atoms. The molecule has 126 valence electrons. The third kappa shape index (κ3) is 4.28. The van der Waals surface area contributed by atoms with Gasteiger partial charge in [-0.1, -0.05) is 12.2 Å². The minimum atomic E-state index is -3.59. The smallest absolute Gasteiger partial charge is 0.279 e. The van der Waals surface area contributed by atoms with Gasteiger partial charge in [0.1, 0.15) is 0 Å². The van der Waals surface area contributed by atoms with E-state index < -0.39 is 28.1 Å². The van der Waals surface area contributed by atoms with Gasteiger partial charge in [0.25, 0.3) is 10.2 Å². The molecule has 7 nitrogen and oxygen atoms in total. The van der Waals surface area contributed by atoms with Crippen LogP contribution in [0.1, 0.15) is 25.7 Å². The summed E-state index contributed by atoms with van der Waals surface area (Å²) < 4.78 is 34.2. The quantitative estimate of drug-likeness (QED) is 0.669. The van der Waals surface area contributed by atoms with Crippen molar-refractivity contribution in [2.45, 2.75) is 31.7 Å². The Morgan fingerprint density at radius 2 is 1.95 bits per heavy atom. The second-order valence-electron chi connectivity index (χ2n) is 5.98. The summed E-state index contributed by atoms with van der Waals surface area (Å²) in [6, 6.07) is -0.454. The lowest BCUT2D eigenvalue weighted by atomic mass is 9.89. The Balaban J connectivity index is 1.96. The predicted molar refractivity (Wildman–Crippen MR) is 83.1 cm³/mol. The lowest BCUT2D eigenvalue weighted by Gasteiger charge is -2.34. The van der Waals surface area contributed by atoms with Gasteiger partial charge in [0.05, 0.1) is 5.92 Å². The number of nitrogens with zero attached hydrogens (tertiary/aromatic N) is 1. The molecular weight excluding hydrogens is 306 g/mol. The van der Waals surface area contributed by atoms with Crippen LogP contribution in [-0.2, 0) is 19.7 Å². The van der Waals surface area contributed by atoms with E-state index in [0.29, 0.717) is 38.5 Å². The number of allylic oxidation sites excluding steroid dienone is 1. The van der Waals surface area contributed by atoms with Crippen LogP contribution in [0.5, 0.6) is 0 Å². The van der Waals surface area contributed by atoms with Crippen molar-refractivity contribution in [1.29, 1.82) is 0 Å². The number of piperidine rings is 1. The lowest BCUT2D eigenvalue weighted by molar-refractivity contribution is -0.122. The molecule has 1 aliphatic heterocycles. The lowest BCUT2D eigenvalue weighted by Crippen LogP contribution is -2.52. The number of amides is 1. The Morgan fingerprint density at radius 1 is 1.32 bits per heavy atom. The van der Waals surface area contributed by atoms with Gasteiger partial charge in [-0.15, -0.1) is 0 Å². The number of carbonyl (C=O) groups excluding carboxylic acids is 1. The van der Waals surface area contributed by atoms with Crippen molar-refractivity contribution in [3.05, 3.63) is 12.2 Å². The molecule has 1 aliphatic carbocycles. The molecule has 0 radical (unpaired) electrons. The van der Waals surface area contributed by atoms with E-state index in [9.17, 15) is 13.2 Å². The van der Waals surface area contributed by atoms with Crippen molar-refractivity contribution in [2.24, 2.45) is 17.6 Å². The summed E-state index contributed by atoms with van der Waals surface area (Å²) in [5.74, 6) is -0.533. The van der Waals surface area contributed by atoms with Crippen molar-refractivity contribution < 1.29 is 17.9 Å². The van der Waals surface area contributed by atoms with Gasteiger partial charge in [-0.05, 0) is 31.6 Å². The normalized spacial score (nSPS) is 27.9. The Kier molecular flexibility index (Phi) is 5.96. The maximum absolute atomic E-state index is 12.5. The molecule has 1 heterocycles. The van der Waals surface area contributed by atoms with Crippen molar-refractivity contribution >= 4 is 16.1 Å². The first kappa shape index (κ1) is 17.4. The van der Waals surface area contributed by atoms with Crippen LogP contribution >= 0.6 is 0 Å². The van der Waals surface area contributed by atoms with Gasteiger partial charge in [0, 0.05) is 32.8 Å². The number of nitrogens with one attached hydrogen (secondary N) is 1. The number of methoxy groups -OCH3 is 1. The molecule has 8 heteroatoms. The Morgan fingerprint density at radius 3 is 2.55 bits per heavy atom. The summed E-state index contributed by atoms with van der Waals surface area (Å²) in [6.45, 7) is 1.62. The first-order valence-corrected chi connectivity index (χ1v) is 9.08. The summed E-state index contributed by atoms with van der Waals surface area (Å²) in [6.07, 6.45) is 6.32. The van der Waals surface area contributed by atoms with Gasteiger partial charge in [0.15, 0.2) is 0 Å². The van der Waals surface area contributed by atoms with Gasteiger partial charge < -0.3 is 10.5 Å². The monoisotopic (exact) mass is 331 g/mol. The molecule has 0 aromatic heterocycles. The fraction of sp³-hybridized carbons (Fsp3) is 0.786. The molecule has 2 rings (SSSR count). The van der Waals surface area contributed by atoms with Crippen LogP contribution in [0.4, 0.5) is 0 Å². The van der Waals surface area contributed by atoms with Crippen LogP contribution in [-0.4, -0.2) is 51.5 Å². The molecule has 2 atom stereocenters. The standard InChI is InChI=1S/C14H25N3O4S/c1-21-10-11-6-8-17(9-7-11)22(19,20)16-13-5-3-2-4-12(13)14(15)18/h2-3,11-13,16H,4-10H2,1H3,(H2,15,18)/t12-,13-/m1/s1. The number of carbonyl (C=O) groups is 1. The van der Waals surface area contributed by atoms with E-state index in [1.54, 1.807) is 7.11 Å². The molecule has 0 aromatic carbocycles. The zero-order chi connectivity index (χ0) is 16.2. The number of nitrogens with two attached hydrogens (primary N) is 1. The van der Waals surface area contributed by atoms with Crippen molar-refractivity contribution in [3.8, 4) is 0 Å². The maximum atomic E-state index is 12.5. The number of primary amides is 1. The van der Waals surface area contributed by atoms with E-state index >= 15 is 0 Å². The molecule has 1 saturated heterocycles. The minimum absolute atomic E-state index is 0.410. The molecule has 0 saturated carbocycles. The highest BCUT2D eigenvalue weighted by atomic mass is 32.2. The summed E-state index contributed by atoms with van der Waals surface area (Å²) in [5, 5.41) is 0. The fourth-order valence-corrected chi connectivity index (χ4v) is 4.56. The predicted octanol–water partition coefficient (Wildman–Crippen LogP) is -0.000700. The van der Waals surface area contributed by atoms with Crippen LogP contribution in [0.3, 0.4) is 0 Å². The van der Waals surface area contributed by atoms with E-state index in [1.165, 1.54) is 4.31 Å². The van der Waals surface area contributed by atoms with Gasteiger partial charge in [-0.3, -0.25) is 4.79 Å². The number of hydrogen-bond donors (Lipinski definition) is 2. The summed E-state index contributed by atoms with van der Waals surface area (Å²) in [5.41, 5.74) is 5.37. The number of rotatable bonds is 6. The summed E-state index contributed by atoms with van der Waals surface area (Å²) in [4.78, 5) is 11.5. The molecular formula is C14H25N3O4S. The van der Waals surface area contributed by atoms with Gasteiger partial charge in [0.2, 0.25) is 5.91 Å². The Hall–Kier alpha value is -0.960. The van der Waals surface area contributed by atoms with Crippen molar-refractivity contribution in [1.82, 2.24) is 9.03 Å². The van der Waals surface area contributed by atoms with Gasteiger partial charge >= 0.3 is 0 Å². The van der Waals surface area contributed by atoms with E-state index in [2.05, 4.69) is 4.72 Å². The van der Waals surface area contributed by atoms with E-state index in [-0.39, 0.29) is 0 Å². The first-order chi connectivity index (χ1) is 10.4. The van der Waals surface area contributed by atoms with Crippen molar-refractivity contribution in [3.63, 3.8) is 0 Å². The summed E-state index contributed by atoms with van der Waals surface area (Å²) >= 11 is 0. The topological polar surface area (TPSA) is 102 Å². The average Bonchev–Trinajstić information content (AvgIpc) is 2.48. The average molecular weight is 331 g/mol. The molecule has 3 N–H and O–H groups in total. The fourth-order valence-electron chi connectivity index (χ4n) is 3.08. The highest BCUT2D eigenvalue weighted by Crippen LogP contribution is 2.23. The molecule has 2 aliphatic rings. The molecule has 1 amide bonds. The van der Waals surface area contributed by atoms with Gasteiger partial charge in [-0.25, -0.2) is 0 Å². The third-order valence-electron chi connectivity index (χ3n) is 4.41. The zero-order valence-corrected chi connectivity index (χ0v) is 13.7. The van der Waals surface area contributed by atoms with E-state index in [0.717, 1.165) is 12.8 Å². The maximum Gasteiger partial charge on any atom is 0.279 e. The largest absolute Gasteiger partial charge is 0.384 e. The number of hydrogen-bond acceptors (Lipinski definition) is 4. The SMILES string of the molecule is COCC1CCN(S(=O)(=O)N[C@@H]2CC=CC[C@H]2C(N)=O)CC1. The third-order valence-corrected chi connectivity index (χ3v) is 6.06. The molecule has 0 spiro atoms. The van der Waals surface area contributed by atoms with Crippen LogP contribution in [0, 0.1) is 11.8 Å². The number of ether oxygens (including phenoxy) is 1. The second kappa shape index (κ2) is 7.54. The highest BCUT2D eigenvalue weighted by molar-refractivity contribution is 7.87. The van der Waals surface area contributed by atoms with E-state index in [1.807, 2.05) is 12.2 Å². The minimum Gasteiger partial charge on any atom is -0.384 e. The molecule has 0 unspecified atom stereocenters. The van der Waals surface area contributed by atoms with Crippen molar-refractivity contribution in [2.75, 3.05) is 26.8 Å². The zero-order valence-electron chi connectivity index (χ0n) is 12.9. The highest BCUT2D eigenvalue weighted by Gasteiger charge is 2.34. The van der Waals surface area contributed by atoms with E-state index in [4.69, 9.17) is 10.5 Å². The first-order valence-electron chi connectivity index (χ1n) is 7.64. The van der Waals surface area contributed by atoms with Crippen LogP contribution in [0.25, 0.3) is 0 Å². The molecule has 0 bridgehead atoms. The Bertz CT molecular complexity index is 512. The van der Waals surface area contributed by atoms with Gasteiger partial charge in [-0.2, -0.15) is 17.4 Å². The van der Waals surface area contributed by atoms with Crippen LogP contribution in [0.2, 0.25) is 0 Å². The molecule has 0 aromatic rings. The van der Waals surface area contributed by atoms with Crippen LogP contribution < -0.4 is 10.5 Å². The van der Waals surface area contributed by atoms with Crippen LogP contribution in [0.15, 0.2) is 12.2 Å². The Labute approximate surface area is 132 Å². The second-order valence-corrected chi connectivity index (χ2v) is 7.68.